The van der Waals surface area contributed by atoms with Gasteiger partial charge in [0.15, 0.2) is 0 Å². The van der Waals surface area contributed by atoms with Gasteiger partial charge in [-0.1, -0.05) is 48.0 Å². The molecule has 14 heteroatoms. The van der Waals surface area contributed by atoms with E-state index in [1.165, 1.54) is 0 Å². The molecule has 13 nitrogen and oxygen atoms in total. The molecule has 1 aliphatic heterocycles. The molecule has 1 fully saturated rings. The fraction of sp³-hybridized carbons (Fsp3) is 0.394. The van der Waals surface area contributed by atoms with Crippen LogP contribution in [-0.4, -0.2) is 85.8 Å². The van der Waals surface area contributed by atoms with Crippen LogP contribution in [0.5, 0.6) is 0 Å². The summed E-state index contributed by atoms with van der Waals surface area (Å²) in [5, 5.41) is 15.4. The average molecular weight is 668 g/mol. The standard InChI is InChI=1S/C33H41N5O8S/c1-21-10-11-34-29(14-21)35-16-26-15-27(18-38(26)33(42)46-19-25-8-6-5-7-9-25)45-20-30(39)36-17-28(32(40)41)37-47(43,44)31-23(3)12-22(2)13-24(31)4/h5-14,26-28,37H,15-20H2,1-4H3,(H,34,35)(H,36,39)(H,40,41)/t26-,27+,28-/m0/s1. The molecule has 0 unspecified atom stereocenters. The van der Waals surface area contributed by atoms with Crippen molar-refractivity contribution in [3.8, 4) is 0 Å². The Hall–Kier alpha value is -4.53. The quantitative estimate of drug-likeness (QED) is 0.200. The maximum absolute atomic E-state index is 13.1. The van der Waals surface area contributed by atoms with Crippen LogP contribution in [0.15, 0.2) is 65.7 Å². The third kappa shape index (κ3) is 9.98. The van der Waals surface area contributed by atoms with Gasteiger partial charge in [0.25, 0.3) is 0 Å². The number of nitrogens with zero attached hydrogens (tertiary/aromatic N) is 2. The van der Waals surface area contributed by atoms with Crippen molar-refractivity contribution in [3.05, 3.63) is 88.6 Å². The number of carboxylic acid groups (broad SMARTS) is 1. The molecule has 2 heterocycles. The van der Waals surface area contributed by atoms with E-state index in [1.807, 2.05) is 56.3 Å². The predicted molar refractivity (Wildman–Crippen MR) is 174 cm³/mol. The monoisotopic (exact) mass is 667 g/mol. The zero-order valence-corrected chi connectivity index (χ0v) is 27.7. The van der Waals surface area contributed by atoms with E-state index in [2.05, 4.69) is 20.3 Å². The molecule has 0 spiro atoms. The Morgan fingerprint density at radius 1 is 1.02 bits per heavy atom. The van der Waals surface area contributed by atoms with E-state index < -0.39 is 53.3 Å². The van der Waals surface area contributed by atoms with Crippen LogP contribution in [0.1, 0.15) is 34.2 Å². The van der Waals surface area contributed by atoms with Gasteiger partial charge in [-0.3, -0.25) is 9.59 Å². The highest BCUT2D eigenvalue weighted by Gasteiger charge is 2.37. The molecule has 1 aliphatic rings. The van der Waals surface area contributed by atoms with Crippen molar-refractivity contribution in [1.82, 2.24) is 19.9 Å². The van der Waals surface area contributed by atoms with Gasteiger partial charge in [0.1, 0.15) is 25.1 Å². The molecule has 3 aromatic rings. The minimum atomic E-state index is -4.20. The highest BCUT2D eigenvalue weighted by atomic mass is 32.2. The topological polar surface area (TPSA) is 176 Å². The van der Waals surface area contributed by atoms with Crippen LogP contribution in [0, 0.1) is 27.7 Å². The molecule has 1 saturated heterocycles. The van der Waals surface area contributed by atoms with Gasteiger partial charge in [-0.05, 0) is 68.5 Å². The summed E-state index contributed by atoms with van der Waals surface area (Å²) in [4.78, 5) is 43.6. The summed E-state index contributed by atoms with van der Waals surface area (Å²) in [7, 11) is -4.20. The normalized spacial score (nSPS) is 16.8. The lowest BCUT2D eigenvalue weighted by Crippen LogP contribution is -2.49. The molecular weight excluding hydrogens is 626 g/mol. The lowest BCUT2D eigenvalue weighted by atomic mass is 10.1. The number of carbonyl (C=O) groups is 3. The first kappa shape index (κ1) is 35.3. The van der Waals surface area contributed by atoms with E-state index in [9.17, 15) is 27.9 Å². The van der Waals surface area contributed by atoms with Gasteiger partial charge >= 0.3 is 12.1 Å². The van der Waals surface area contributed by atoms with E-state index >= 15 is 0 Å². The summed E-state index contributed by atoms with van der Waals surface area (Å²) >= 11 is 0. The van der Waals surface area contributed by atoms with E-state index in [0.717, 1.165) is 16.7 Å². The second kappa shape index (κ2) is 15.8. The number of amides is 2. The third-order valence-corrected chi connectivity index (χ3v) is 9.45. The molecule has 0 bridgehead atoms. The molecule has 4 N–H and O–H groups in total. The minimum Gasteiger partial charge on any atom is -0.480 e. The van der Waals surface area contributed by atoms with Crippen molar-refractivity contribution in [1.29, 1.82) is 0 Å². The summed E-state index contributed by atoms with van der Waals surface area (Å²) in [6, 6.07) is 14.5. The maximum Gasteiger partial charge on any atom is 0.410 e. The van der Waals surface area contributed by atoms with Crippen LogP contribution in [-0.2, 0) is 35.7 Å². The highest BCUT2D eigenvalue weighted by molar-refractivity contribution is 7.89. The number of ether oxygens (including phenoxy) is 2. The average Bonchev–Trinajstić information content (AvgIpc) is 3.43. The van der Waals surface area contributed by atoms with Gasteiger partial charge in [-0.2, -0.15) is 4.72 Å². The number of aryl methyl sites for hydroxylation is 4. The van der Waals surface area contributed by atoms with Crippen LogP contribution in [0.25, 0.3) is 0 Å². The van der Waals surface area contributed by atoms with E-state index in [-0.39, 0.29) is 24.1 Å². The van der Waals surface area contributed by atoms with Crippen molar-refractivity contribution in [2.45, 2.75) is 63.8 Å². The number of nitrogens with one attached hydrogen (secondary N) is 3. The Labute approximate surface area is 274 Å². The fourth-order valence-electron chi connectivity index (χ4n) is 5.55. The number of aliphatic carboxylic acids is 1. The molecule has 2 aromatic carbocycles. The van der Waals surface area contributed by atoms with Crippen LogP contribution in [0.2, 0.25) is 0 Å². The molecule has 2 amide bonds. The van der Waals surface area contributed by atoms with Crippen molar-refractivity contribution >= 4 is 33.8 Å². The number of rotatable bonds is 14. The number of hydrogen-bond donors (Lipinski definition) is 4. The number of carboxylic acids is 1. The fourth-order valence-corrected chi connectivity index (χ4v) is 7.19. The molecule has 4 rings (SSSR count). The predicted octanol–water partition coefficient (Wildman–Crippen LogP) is 3.07. The zero-order chi connectivity index (χ0) is 34.1. The number of likely N-dealkylation sites (tertiary alicyclic amines) is 1. The van der Waals surface area contributed by atoms with Crippen molar-refractivity contribution in [3.63, 3.8) is 0 Å². The molecule has 47 heavy (non-hydrogen) atoms. The smallest absolute Gasteiger partial charge is 0.410 e. The van der Waals surface area contributed by atoms with E-state index in [4.69, 9.17) is 9.47 Å². The van der Waals surface area contributed by atoms with Crippen molar-refractivity contribution in [2.75, 3.05) is 31.6 Å². The Kier molecular flexibility index (Phi) is 11.9. The second-order valence-electron chi connectivity index (χ2n) is 11.7. The van der Waals surface area contributed by atoms with E-state index in [0.29, 0.717) is 29.9 Å². The summed E-state index contributed by atoms with van der Waals surface area (Å²) < 4.78 is 39.7. The van der Waals surface area contributed by atoms with Crippen LogP contribution >= 0.6 is 0 Å². The van der Waals surface area contributed by atoms with Gasteiger partial charge < -0.3 is 30.1 Å². The van der Waals surface area contributed by atoms with Crippen molar-refractivity contribution in [2.24, 2.45) is 0 Å². The zero-order valence-electron chi connectivity index (χ0n) is 26.9. The van der Waals surface area contributed by atoms with Crippen molar-refractivity contribution < 1.29 is 37.4 Å². The number of benzene rings is 2. The second-order valence-corrected chi connectivity index (χ2v) is 13.3. The van der Waals surface area contributed by atoms with Gasteiger partial charge in [0, 0.05) is 19.3 Å². The van der Waals surface area contributed by atoms with Crippen LogP contribution < -0.4 is 15.4 Å². The Balaban J connectivity index is 1.33. The molecule has 252 valence electrons. The molecule has 0 saturated carbocycles. The largest absolute Gasteiger partial charge is 0.480 e. The SMILES string of the molecule is Cc1ccnc(NC[C@@H]2C[C@@H](OCC(=O)NC[C@H](NS(=O)(=O)c3c(C)cc(C)cc3C)C(=O)O)CN2C(=O)OCc2ccccc2)c1. The molecule has 0 aliphatic carbocycles. The van der Waals surface area contributed by atoms with Gasteiger partial charge in [-0.25, -0.2) is 18.2 Å². The number of sulfonamides is 1. The number of hydrogen-bond acceptors (Lipinski definition) is 9. The summed E-state index contributed by atoms with van der Waals surface area (Å²) in [6.45, 7) is 6.76. The van der Waals surface area contributed by atoms with E-state index in [1.54, 1.807) is 37.1 Å². The first-order chi connectivity index (χ1) is 22.3. The first-order valence-electron chi connectivity index (χ1n) is 15.2. The number of aromatic nitrogens is 1. The Morgan fingerprint density at radius 2 is 1.72 bits per heavy atom. The molecule has 0 radical (unpaired) electrons. The summed E-state index contributed by atoms with van der Waals surface area (Å²) in [5.74, 6) is -1.43. The van der Waals surface area contributed by atoms with Crippen LogP contribution in [0.4, 0.5) is 10.6 Å². The molecule has 3 atom stereocenters. The Morgan fingerprint density at radius 3 is 2.38 bits per heavy atom. The van der Waals surface area contributed by atoms with Gasteiger partial charge in [-0.15, -0.1) is 0 Å². The highest BCUT2D eigenvalue weighted by Crippen LogP contribution is 2.24. The van der Waals surface area contributed by atoms with Crippen LogP contribution in [0.3, 0.4) is 0 Å². The lowest BCUT2D eigenvalue weighted by Gasteiger charge is -2.24. The third-order valence-electron chi connectivity index (χ3n) is 7.67. The number of anilines is 1. The summed E-state index contributed by atoms with van der Waals surface area (Å²) in [6.07, 6.45) is 1.06. The number of pyridine rings is 1. The molecule has 1 aromatic heterocycles. The summed E-state index contributed by atoms with van der Waals surface area (Å²) in [5.41, 5.74) is 3.71. The maximum atomic E-state index is 13.1. The first-order valence-corrected chi connectivity index (χ1v) is 16.7. The minimum absolute atomic E-state index is 0.000633. The number of carbonyl (C=O) groups excluding carboxylic acids is 2. The molecular formula is C33H41N5O8S. The Bertz CT molecular complexity index is 1660. The van der Waals surface area contributed by atoms with Gasteiger partial charge in [0.2, 0.25) is 15.9 Å². The lowest BCUT2D eigenvalue weighted by molar-refractivity contribution is -0.139. The van der Waals surface area contributed by atoms with Gasteiger partial charge in [0.05, 0.1) is 23.6 Å².